The van der Waals surface area contributed by atoms with Crippen LogP contribution in [-0.4, -0.2) is 55.9 Å². The number of nitrogens with zero attached hydrogens (tertiary/aromatic N) is 3. The van der Waals surface area contributed by atoms with E-state index in [9.17, 15) is 9.59 Å². The van der Waals surface area contributed by atoms with Gasteiger partial charge in [0.2, 0.25) is 5.91 Å². The normalized spacial score (nSPS) is 18.0. The monoisotopic (exact) mass is 304 g/mol. The number of pyridine rings is 1. The molecule has 6 heteroatoms. The molecule has 22 heavy (non-hydrogen) atoms. The van der Waals surface area contributed by atoms with Crippen molar-refractivity contribution in [3.63, 3.8) is 0 Å². The highest BCUT2D eigenvalue weighted by molar-refractivity contribution is 5.98. The molecule has 0 radical (unpaired) electrons. The first-order valence-electron chi connectivity index (χ1n) is 7.60. The molecule has 2 rings (SSSR count). The first kappa shape index (κ1) is 16.3. The number of carbonyl (C=O) groups is 2. The van der Waals surface area contributed by atoms with Gasteiger partial charge in [-0.2, -0.15) is 0 Å². The molecule has 120 valence electrons. The highest BCUT2D eigenvalue weighted by atomic mass is 16.2. The Hall–Kier alpha value is -2.11. The van der Waals surface area contributed by atoms with E-state index < -0.39 is 0 Å². The molecule has 0 spiro atoms. The zero-order valence-electron chi connectivity index (χ0n) is 13.7. The van der Waals surface area contributed by atoms with Gasteiger partial charge in [0.25, 0.3) is 5.91 Å². The van der Waals surface area contributed by atoms with E-state index in [0.717, 1.165) is 25.1 Å². The minimum absolute atomic E-state index is 0.111. The van der Waals surface area contributed by atoms with Crippen molar-refractivity contribution in [1.82, 2.24) is 15.2 Å². The third-order valence-electron chi connectivity index (χ3n) is 4.08. The molecule has 1 fully saturated rings. The number of likely N-dealkylation sites (tertiary alicyclic amines) is 1. The fraction of sp³-hybridized carbons (Fsp3) is 0.562. The number of carbonyl (C=O) groups excluding carboxylic acids is 2. The molecule has 0 aliphatic carbocycles. The summed E-state index contributed by atoms with van der Waals surface area (Å²) in [6.45, 7) is 3.13. The maximum absolute atomic E-state index is 11.9. The number of amides is 2. The Morgan fingerprint density at radius 3 is 2.68 bits per heavy atom. The summed E-state index contributed by atoms with van der Waals surface area (Å²) in [7, 11) is 5.37. The Labute approximate surface area is 131 Å². The molecule has 6 nitrogen and oxygen atoms in total. The van der Waals surface area contributed by atoms with Crippen LogP contribution < -0.4 is 10.2 Å². The Balaban J connectivity index is 2.30. The van der Waals surface area contributed by atoms with E-state index in [0.29, 0.717) is 17.9 Å². The van der Waals surface area contributed by atoms with Gasteiger partial charge in [0.1, 0.15) is 5.82 Å². The minimum atomic E-state index is -0.142. The molecule has 1 atom stereocenters. The topological polar surface area (TPSA) is 65.5 Å². The van der Waals surface area contributed by atoms with E-state index in [-0.39, 0.29) is 17.7 Å². The molecule has 1 saturated heterocycles. The van der Waals surface area contributed by atoms with Gasteiger partial charge < -0.3 is 15.1 Å². The zero-order valence-corrected chi connectivity index (χ0v) is 13.7. The van der Waals surface area contributed by atoms with Gasteiger partial charge in [-0.15, -0.1) is 0 Å². The molecular weight excluding hydrogens is 280 g/mol. The maximum Gasteiger partial charge on any atom is 0.254 e. The van der Waals surface area contributed by atoms with Gasteiger partial charge in [0, 0.05) is 52.8 Å². The summed E-state index contributed by atoms with van der Waals surface area (Å²) in [4.78, 5) is 31.9. The van der Waals surface area contributed by atoms with Gasteiger partial charge in [0.05, 0.1) is 5.56 Å². The van der Waals surface area contributed by atoms with Crippen molar-refractivity contribution >= 4 is 17.6 Å². The average molecular weight is 304 g/mol. The Morgan fingerprint density at radius 2 is 2.09 bits per heavy atom. The quantitative estimate of drug-likeness (QED) is 0.912. The lowest BCUT2D eigenvalue weighted by molar-refractivity contribution is -0.130. The van der Waals surface area contributed by atoms with E-state index in [2.05, 4.69) is 10.3 Å². The second kappa shape index (κ2) is 6.77. The summed E-state index contributed by atoms with van der Waals surface area (Å²) < 4.78 is 0. The van der Waals surface area contributed by atoms with Crippen LogP contribution in [0.5, 0.6) is 0 Å². The molecule has 1 N–H and O–H groups in total. The van der Waals surface area contributed by atoms with Gasteiger partial charge in [-0.1, -0.05) is 0 Å². The van der Waals surface area contributed by atoms with Crippen molar-refractivity contribution in [2.24, 2.45) is 0 Å². The van der Waals surface area contributed by atoms with Crippen molar-refractivity contribution < 1.29 is 9.59 Å². The molecule has 2 heterocycles. The van der Waals surface area contributed by atoms with Crippen LogP contribution in [-0.2, 0) is 4.79 Å². The molecule has 0 unspecified atom stereocenters. The third kappa shape index (κ3) is 3.37. The van der Waals surface area contributed by atoms with Crippen molar-refractivity contribution in [3.8, 4) is 0 Å². The Bertz CT molecular complexity index is 571. The fourth-order valence-corrected chi connectivity index (χ4v) is 2.85. The van der Waals surface area contributed by atoms with Crippen LogP contribution in [0.2, 0.25) is 0 Å². The van der Waals surface area contributed by atoms with Crippen LogP contribution in [0.1, 0.15) is 41.7 Å². The smallest absolute Gasteiger partial charge is 0.254 e. The first-order valence-corrected chi connectivity index (χ1v) is 7.60. The van der Waals surface area contributed by atoms with Crippen LogP contribution in [0, 0.1) is 0 Å². The van der Waals surface area contributed by atoms with Crippen LogP contribution in [0.4, 0.5) is 5.82 Å². The SMILES string of the molecule is CNC(=O)c1ccc([C@@H]2CCCN(C(C)=O)C2)nc1N(C)C. The molecule has 1 aliphatic heterocycles. The lowest BCUT2D eigenvalue weighted by Gasteiger charge is -2.32. The molecular formula is C16H24N4O2. The number of hydrogen-bond donors (Lipinski definition) is 1. The largest absolute Gasteiger partial charge is 0.362 e. The summed E-state index contributed by atoms with van der Waals surface area (Å²) in [5.74, 6) is 0.864. The van der Waals surface area contributed by atoms with Crippen LogP contribution >= 0.6 is 0 Å². The van der Waals surface area contributed by atoms with E-state index in [1.54, 1.807) is 14.0 Å². The maximum atomic E-state index is 11.9. The Kier molecular flexibility index (Phi) is 5.00. The second-order valence-corrected chi connectivity index (χ2v) is 5.89. The molecule has 2 amide bonds. The van der Waals surface area contributed by atoms with Crippen molar-refractivity contribution in [2.45, 2.75) is 25.7 Å². The number of nitrogens with one attached hydrogen (secondary N) is 1. The molecule has 1 aliphatic rings. The molecule has 1 aromatic heterocycles. The van der Waals surface area contributed by atoms with E-state index >= 15 is 0 Å². The number of hydrogen-bond acceptors (Lipinski definition) is 4. The van der Waals surface area contributed by atoms with Gasteiger partial charge in [0.15, 0.2) is 0 Å². The number of anilines is 1. The standard InChI is InChI=1S/C16H24N4O2/c1-11(21)20-9-5-6-12(10-20)14-8-7-13(16(22)17-2)15(18-14)19(3)4/h7-8,12H,5-6,9-10H2,1-4H3,(H,17,22)/t12-/m1/s1. The lowest BCUT2D eigenvalue weighted by atomic mass is 9.93. The fourth-order valence-electron chi connectivity index (χ4n) is 2.85. The van der Waals surface area contributed by atoms with Gasteiger partial charge >= 0.3 is 0 Å². The summed E-state index contributed by atoms with van der Waals surface area (Å²) in [6.07, 6.45) is 2.00. The van der Waals surface area contributed by atoms with Gasteiger partial charge in [-0.05, 0) is 25.0 Å². The van der Waals surface area contributed by atoms with E-state index in [1.807, 2.05) is 36.0 Å². The average Bonchev–Trinajstić information content (AvgIpc) is 2.53. The van der Waals surface area contributed by atoms with Crippen LogP contribution in [0.3, 0.4) is 0 Å². The predicted octanol–water partition coefficient (Wildman–Crippen LogP) is 1.23. The van der Waals surface area contributed by atoms with E-state index in [4.69, 9.17) is 0 Å². The van der Waals surface area contributed by atoms with E-state index in [1.165, 1.54) is 0 Å². The van der Waals surface area contributed by atoms with Crippen molar-refractivity contribution in [2.75, 3.05) is 39.1 Å². The van der Waals surface area contributed by atoms with Crippen LogP contribution in [0.15, 0.2) is 12.1 Å². The molecule has 0 bridgehead atoms. The highest BCUT2D eigenvalue weighted by Crippen LogP contribution is 2.28. The van der Waals surface area contributed by atoms with Crippen LogP contribution in [0.25, 0.3) is 0 Å². The molecule has 0 saturated carbocycles. The lowest BCUT2D eigenvalue weighted by Crippen LogP contribution is -2.38. The molecule has 1 aromatic rings. The third-order valence-corrected chi connectivity index (χ3v) is 4.08. The first-order chi connectivity index (χ1) is 10.4. The number of rotatable bonds is 3. The van der Waals surface area contributed by atoms with Gasteiger partial charge in [-0.3, -0.25) is 9.59 Å². The second-order valence-electron chi connectivity index (χ2n) is 5.89. The summed E-state index contributed by atoms with van der Waals surface area (Å²) in [5, 5.41) is 2.64. The Morgan fingerprint density at radius 1 is 1.36 bits per heavy atom. The highest BCUT2D eigenvalue weighted by Gasteiger charge is 2.25. The summed E-state index contributed by atoms with van der Waals surface area (Å²) in [5.41, 5.74) is 1.51. The minimum Gasteiger partial charge on any atom is -0.362 e. The molecule has 0 aromatic carbocycles. The summed E-state index contributed by atoms with van der Waals surface area (Å²) in [6, 6.07) is 3.73. The number of aromatic nitrogens is 1. The van der Waals surface area contributed by atoms with Crippen molar-refractivity contribution in [3.05, 3.63) is 23.4 Å². The van der Waals surface area contributed by atoms with Crippen molar-refractivity contribution in [1.29, 1.82) is 0 Å². The van der Waals surface area contributed by atoms with Gasteiger partial charge in [-0.25, -0.2) is 4.98 Å². The zero-order chi connectivity index (χ0) is 16.3. The summed E-state index contributed by atoms with van der Waals surface area (Å²) >= 11 is 0. The predicted molar refractivity (Wildman–Crippen MR) is 86.2 cm³/mol. The number of piperidine rings is 1.